The first-order valence-corrected chi connectivity index (χ1v) is 7.19. The Labute approximate surface area is 96.8 Å². The summed E-state index contributed by atoms with van der Waals surface area (Å²) in [5, 5.41) is 0. The zero-order valence-corrected chi connectivity index (χ0v) is 11.3. The molecule has 0 amide bonds. The first-order valence-electron chi connectivity index (χ1n) is 7.19. The van der Waals surface area contributed by atoms with E-state index >= 15 is 0 Å². The van der Waals surface area contributed by atoms with Gasteiger partial charge in [-0.2, -0.15) is 0 Å². The lowest BCUT2D eigenvalue weighted by Crippen LogP contribution is -2.08. The lowest BCUT2D eigenvalue weighted by molar-refractivity contribution is 0.327. The Morgan fingerprint density at radius 2 is 1.87 bits per heavy atom. The third-order valence-corrected chi connectivity index (χ3v) is 4.56. The van der Waals surface area contributed by atoms with Crippen molar-refractivity contribution in [3.05, 3.63) is 0 Å². The van der Waals surface area contributed by atoms with Crippen LogP contribution in [0.1, 0.15) is 72.6 Å². The number of hydrogen-bond donors (Lipinski definition) is 0. The first kappa shape index (κ1) is 13.1. The largest absolute Gasteiger partial charge is 0.0654 e. The quantitative estimate of drug-likeness (QED) is 0.560. The van der Waals surface area contributed by atoms with Crippen LogP contribution < -0.4 is 0 Å². The monoisotopic (exact) mass is 210 g/mol. The van der Waals surface area contributed by atoms with Crippen LogP contribution in [0, 0.1) is 23.7 Å². The van der Waals surface area contributed by atoms with Crippen LogP contribution in [0.4, 0.5) is 0 Å². The molecule has 0 aromatic rings. The second-order valence-corrected chi connectivity index (χ2v) is 5.88. The molecule has 15 heavy (non-hydrogen) atoms. The van der Waals surface area contributed by atoms with Gasteiger partial charge in [0.15, 0.2) is 0 Å². The summed E-state index contributed by atoms with van der Waals surface area (Å²) >= 11 is 0. The van der Waals surface area contributed by atoms with E-state index in [4.69, 9.17) is 0 Å². The molecule has 0 N–H and O–H groups in total. The molecule has 0 heteroatoms. The average molecular weight is 210 g/mol. The van der Waals surface area contributed by atoms with Crippen molar-refractivity contribution in [3.8, 4) is 0 Å². The molecule has 0 heterocycles. The maximum atomic E-state index is 2.49. The van der Waals surface area contributed by atoms with Gasteiger partial charge < -0.3 is 0 Å². The highest BCUT2D eigenvalue weighted by Crippen LogP contribution is 2.43. The van der Waals surface area contributed by atoms with Crippen molar-refractivity contribution in [1.82, 2.24) is 0 Å². The number of hydrogen-bond acceptors (Lipinski definition) is 0. The van der Waals surface area contributed by atoms with Gasteiger partial charge in [-0.1, -0.05) is 59.8 Å². The van der Waals surface area contributed by atoms with Gasteiger partial charge in [0.2, 0.25) is 0 Å². The van der Waals surface area contributed by atoms with Gasteiger partial charge in [-0.05, 0) is 36.5 Å². The molecule has 0 spiro atoms. The van der Waals surface area contributed by atoms with E-state index in [1.165, 1.54) is 44.9 Å². The topological polar surface area (TPSA) is 0 Å². The van der Waals surface area contributed by atoms with Crippen LogP contribution in [0.3, 0.4) is 0 Å². The molecule has 1 fully saturated rings. The molecule has 1 saturated carbocycles. The molecule has 4 unspecified atom stereocenters. The summed E-state index contributed by atoms with van der Waals surface area (Å²) in [6.45, 7) is 9.60. The van der Waals surface area contributed by atoms with Crippen LogP contribution in [-0.4, -0.2) is 0 Å². The Bertz CT molecular complexity index is 161. The second-order valence-electron chi connectivity index (χ2n) is 5.88. The van der Waals surface area contributed by atoms with E-state index in [1.54, 1.807) is 0 Å². The third-order valence-electron chi connectivity index (χ3n) is 4.56. The van der Waals surface area contributed by atoms with Gasteiger partial charge in [0.25, 0.3) is 0 Å². The summed E-state index contributed by atoms with van der Waals surface area (Å²) in [4.78, 5) is 0. The Kier molecular flexibility index (Phi) is 5.71. The molecular formula is C15H30. The van der Waals surface area contributed by atoms with Crippen molar-refractivity contribution in [2.45, 2.75) is 72.6 Å². The van der Waals surface area contributed by atoms with Gasteiger partial charge >= 0.3 is 0 Å². The van der Waals surface area contributed by atoms with E-state index in [-0.39, 0.29) is 0 Å². The van der Waals surface area contributed by atoms with Gasteiger partial charge in [-0.25, -0.2) is 0 Å². The molecule has 1 aliphatic carbocycles. The SMILES string of the molecule is CCCCC1CC(C(C)CCC)CC1C. The fourth-order valence-corrected chi connectivity index (χ4v) is 3.41. The van der Waals surface area contributed by atoms with Crippen molar-refractivity contribution in [3.63, 3.8) is 0 Å². The fourth-order valence-electron chi connectivity index (χ4n) is 3.41. The minimum absolute atomic E-state index is 0.976. The minimum Gasteiger partial charge on any atom is -0.0654 e. The molecule has 0 aromatic carbocycles. The molecule has 1 aliphatic rings. The van der Waals surface area contributed by atoms with E-state index in [0.717, 1.165) is 23.7 Å². The van der Waals surface area contributed by atoms with Gasteiger partial charge in [0.05, 0.1) is 0 Å². The molecule has 0 aliphatic heterocycles. The summed E-state index contributed by atoms with van der Waals surface area (Å²) in [6.07, 6.45) is 10.2. The molecule has 0 bridgehead atoms. The Balaban J connectivity index is 2.33. The van der Waals surface area contributed by atoms with Crippen molar-refractivity contribution in [2.24, 2.45) is 23.7 Å². The molecule has 0 aromatic heterocycles. The highest BCUT2D eigenvalue weighted by Gasteiger charge is 2.32. The van der Waals surface area contributed by atoms with E-state index in [2.05, 4.69) is 27.7 Å². The summed E-state index contributed by atoms with van der Waals surface area (Å²) in [5.41, 5.74) is 0. The molecule has 1 rings (SSSR count). The van der Waals surface area contributed by atoms with Crippen molar-refractivity contribution < 1.29 is 0 Å². The highest BCUT2D eigenvalue weighted by atomic mass is 14.4. The summed E-state index contributed by atoms with van der Waals surface area (Å²) in [5.74, 6) is 4.07. The van der Waals surface area contributed by atoms with Crippen LogP contribution in [0.5, 0.6) is 0 Å². The standard InChI is InChI=1S/C15H30/c1-5-7-9-14-11-15(10-13(14)4)12(3)8-6-2/h12-15H,5-11H2,1-4H3. The van der Waals surface area contributed by atoms with Gasteiger partial charge in [0, 0.05) is 0 Å². The molecule has 90 valence electrons. The normalized spacial score (nSPS) is 33.2. The zero-order chi connectivity index (χ0) is 11.3. The van der Waals surface area contributed by atoms with Gasteiger partial charge in [-0.3, -0.25) is 0 Å². The van der Waals surface area contributed by atoms with Gasteiger partial charge in [0.1, 0.15) is 0 Å². The maximum absolute atomic E-state index is 2.49. The van der Waals surface area contributed by atoms with Crippen LogP contribution in [-0.2, 0) is 0 Å². The van der Waals surface area contributed by atoms with E-state index in [0.29, 0.717) is 0 Å². The lowest BCUT2D eigenvalue weighted by Gasteiger charge is -2.18. The average Bonchev–Trinajstić information content (AvgIpc) is 2.57. The number of rotatable bonds is 6. The van der Waals surface area contributed by atoms with E-state index < -0.39 is 0 Å². The van der Waals surface area contributed by atoms with Crippen LogP contribution in [0.15, 0.2) is 0 Å². The third kappa shape index (κ3) is 3.81. The van der Waals surface area contributed by atoms with E-state index in [1.807, 2.05) is 0 Å². The Hall–Kier alpha value is 0. The van der Waals surface area contributed by atoms with Crippen molar-refractivity contribution in [1.29, 1.82) is 0 Å². The smallest absolute Gasteiger partial charge is 0.0383 e. The Morgan fingerprint density at radius 1 is 1.13 bits per heavy atom. The fraction of sp³-hybridized carbons (Fsp3) is 1.00. The first-order chi connectivity index (χ1) is 7.19. The molecular weight excluding hydrogens is 180 g/mol. The van der Waals surface area contributed by atoms with Crippen molar-refractivity contribution in [2.75, 3.05) is 0 Å². The van der Waals surface area contributed by atoms with Crippen LogP contribution in [0.25, 0.3) is 0 Å². The predicted octanol–water partition coefficient (Wildman–Crippen LogP) is 5.28. The Morgan fingerprint density at radius 3 is 2.47 bits per heavy atom. The number of unbranched alkanes of at least 4 members (excludes halogenated alkanes) is 1. The van der Waals surface area contributed by atoms with E-state index in [9.17, 15) is 0 Å². The molecule has 4 atom stereocenters. The van der Waals surface area contributed by atoms with Gasteiger partial charge in [-0.15, -0.1) is 0 Å². The summed E-state index contributed by atoms with van der Waals surface area (Å²) < 4.78 is 0. The maximum Gasteiger partial charge on any atom is -0.0383 e. The highest BCUT2D eigenvalue weighted by molar-refractivity contribution is 4.83. The lowest BCUT2D eigenvalue weighted by atomic mass is 9.88. The zero-order valence-electron chi connectivity index (χ0n) is 11.3. The molecule has 0 nitrogen and oxygen atoms in total. The predicted molar refractivity (Wildman–Crippen MR) is 69.0 cm³/mol. The van der Waals surface area contributed by atoms with Crippen molar-refractivity contribution >= 4 is 0 Å². The summed E-state index contributed by atoms with van der Waals surface area (Å²) in [7, 11) is 0. The summed E-state index contributed by atoms with van der Waals surface area (Å²) in [6, 6.07) is 0. The second kappa shape index (κ2) is 6.55. The van der Waals surface area contributed by atoms with Crippen LogP contribution >= 0.6 is 0 Å². The molecule has 0 saturated heterocycles. The molecule has 0 radical (unpaired) electrons. The van der Waals surface area contributed by atoms with Crippen LogP contribution in [0.2, 0.25) is 0 Å². The minimum atomic E-state index is 0.976.